The van der Waals surface area contributed by atoms with Crippen LogP contribution >= 0.6 is 0 Å². The molecule has 3 rings (SSSR count). The molecule has 184 valence electrons. The van der Waals surface area contributed by atoms with Gasteiger partial charge < -0.3 is 20.1 Å². The Labute approximate surface area is 198 Å². The summed E-state index contributed by atoms with van der Waals surface area (Å²) < 4.78 is 18.5. The molecule has 0 bridgehead atoms. The van der Waals surface area contributed by atoms with Crippen LogP contribution in [0.25, 0.3) is 10.8 Å². The smallest absolute Gasteiger partial charge is 0.308 e. The molecule has 3 atom stereocenters. The van der Waals surface area contributed by atoms with Crippen molar-refractivity contribution < 1.29 is 28.6 Å². The zero-order valence-electron chi connectivity index (χ0n) is 19.8. The largest absolute Gasteiger partial charge is 0.460 e. The van der Waals surface area contributed by atoms with Crippen molar-refractivity contribution in [1.82, 2.24) is 15.2 Å². The van der Waals surface area contributed by atoms with E-state index < -0.39 is 42.3 Å². The van der Waals surface area contributed by atoms with Gasteiger partial charge in [0, 0.05) is 18.1 Å². The summed E-state index contributed by atoms with van der Waals surface area (Å²) in [6.07, 6.45) is 1.46. The van der Waals surface area contributed by atoms with Crippen molar-refractivity contribution in [3.05, 3.63) is 42.2 Å². The van der Waals surface area contributed by atoms with Crippen molar-refractivity contribution >= 4 is 28.6 Å². The SMILES string of the molecule is CC(C)(C)OC(=O)C[C@H](NC(=O)[C@@H]1CCCCN1C(=O)c1nccc2ccccc12)[C@H](O)CF. The molecule has 2 N–H and O–H groups in total. The Morgan fingerprint density at radius 1 is 1.24 bits per heavy atom. The van der Waals surface area contributed by atoms with Crippen LogP contribution < -0.4 is 5.32 Å². The van der Waals surface area contributed by atoms with Gasteiger partial charge in [0.2, 0.25) is 5.91 Å². The van der Waals surface area contributed by atoms with Crippen LogP contribution in [0.2, 0.25) is 0 Å². The lowest BCUT2D eigenvalue weighted by molar-refractivity contribution is -0.156. The van der Waals surface area contributed by atoms with Gasteiger partial charge in [0.25, 0.3) is 5.91 Å². The van der Waals surface area contributed by atoms with Crippen LogP contribution in [-0.2, 0) is 14.3 Å². The van der Waals surface area contributed by atoms with Gasteiger partial charge in [-0.15, -0.1) is 0 Å². The number of esters is 1. The minimum atomic E-state index is -1.58. The summed E-state index contributed by atoms with van der Waals surface area (Å²) in [7, 11) is 0. The molecule has 1 fully saturated rings. The quantitative estimate of drug-likeness (QED) is 0.599. The number of aliphatic hydroxyl groups is 1. The van der Waals surface area contributed by atoms with E-state index in [0.717, 1.165) is 18.2 Å². The summed E-state index contributed by atoms with van der Waals surface area (Å²) in [4.78, 5) is 44.6. The number of carbonyl (C=O) groups excluding carboxylic acids is 3. The zero-order chi connectivity index (χ0) is 24.9. The molecule has 1 saturated heterocycles. The van der Waals surface area contributed by atoms with Crippen LogP contribution in [0.5, 0.6) is 0 Å². The Bertz CT molecular complexity index is 1030. The highest BCUT2D eigenvalue weighted by molar-refractivity contribution is 6.06. The van der Waals surface area contributed by atoms with Crippen molar-refractivity contribution in [2.45, 2.75) is 70.2 Å². The molecule has 1 aromatic heterocycles. The number of pyridine rings is 1. The molecule has 2 amide bonds. The van der Waals surface area contributed by atoms with Crippen LogP contribution in [0.15, 0.2) is 36.5 Å². The van der Waals surface area contributed by atoms with Gasteiger partial charge in [0.05, 0.1) is 12.5 Å². The zero-order valence-corrected chi connectivity index (χ0v) is 19.8. The first-order valence-corrected chi connectivity index (χ1v) is 11.5. The van der Waals surface area contributed by atoms with E-state index in [0.29, 0.717) is 18.4 Å². The number of fused-ring (bicyclic) bond motifs is 1. The number of carbonyl (C=O) groups is 3. The van der Waals surface area contributed by atoms with E-state index in [9.17, 15) is 23.9 Å². The molecule has 2 aromatic rings. The fourth-order valence-electron chi connectivity index (χ4n) is 4.11. The van der Waals surface area contributed by atoms with Crippen molar-refractivity contribution in [3.8, 4) is 0 Å². The van der Waals surface area contributed by atoms with Crippen LogP contribution in [-0.4, -0.2) is 69.8 Å². The van der Waals surface area contributed by atoms with E-state index in [2.05, 4.69) is 10.3 Å². The Morgan fingerprint density at radius 3 is 2.68 bits per heavy atom. The molecule has 0 radical (unpaired) electrons. The third kappa shape index (κ3) is 6.28. The maximum absolute atomic E-state index is 13.4. The van der Waals surface area contributed by atoms with E-state index in [1.807, 2.05) is 30.3 Å². The van der Waals surface area contributed by atoms with Crippen molar-refractivity contribution in [1.29, 1.82) is 0 Å². The van der Waals surface area contributed by atoms with Crippen LogP contribution in [0.1, 0.15) is 56.9 Å². The lowest BCUT2D eigenvalue weighted by Gasteiger charge is -2.36. The summed E-state index contributed by atoms with van der Waals surface area (Å²) in [5.74, 6) is -1.58. The molecule has 1 aromatic carbocycles. The number of alkyl halides is 1. The number of rotatable bonds is 7. The van der Waals surface area contributed by atoms with E-state index in [1.54, 1.807) is 27.0 Å². The topological polar surface area (TPSA) is 109 Å². The van der Waals surface area contributed by atoms with E-state index >= 15 is 0 Å². The molecule has 34 heavy (non-hydrogen) atoms. The fraction of sp³-hybridized carbons (Fsp3) is 0.520. The van der Waals surface area contributed by atoms with Gasteiger partial charge in [-0.2, -0.15) is 0 Å². The number of aliphatic hydroxyl groups excluding tert-OH is 1. The van der Waals surface area contributed by atoms with Gasteiger partial charge in [-0.25, -0.2) is 4.39 Å². The second-order valence-corrected chi connectivity index (χ2v) is 9.52. The highest BCUT2D eigenvalue weighted by atomic mass is 19.1. The monoisotopic (exact) mass is 473 g/mol. The summed E-state index contributed by atoms with van der Waals surface area (Å²) in [6, 6.07) is 7.19. The van der Waals surface area contributed by atoms with Gasteiger partial charge in [-0.3, -0.25) is 19.4 Å². The standard InChI is InChI=1S/C25H32FN3O5/c1-25(2,3)34-21(31)14-18(20(30)15-26)28-23(32)19-10-6-7-13-29(19)24(33)22-17-9-5-4-8-16(17)11-12-27-22/h4-5,8-9,11-12,18-20,30H,6-7,10,13-15H2,1-3H3,(H,28,32)/t18-,19-,20+/m0/s1. The third-order valence-electron chi connectivity index (χ3n) is 5.70. The Kier molecular flexibility index (Phi) is 8.19. The van der Waals surface area contributed by atoms with Crippen molar-refractivity contribution in [3.63, 3.8) is 0 Å². The minimum Gasteiger partial charge on any atom is -0.460 e. The minimum absolute atomic E-state index is 0.256. The summed E-state index contributed by atoms with van der Waals surface area (Å²) in [6.45, 7) is 4.30. The maximum Gasteiger partial charge on any atom is 0.308 e. The number of likely N-dealkylation sites (tertiary alicyclic amines) is 1. The first-order valence-electron chi connectivity index (χ1n) is 11.5. The Hall–Kier alpha value is -3.07. The number of amides is 2. The second kappa shape index (κ2) is 10.9. The van der Waals surface area contributed by atoms with Crippen LogP contribution in [0, 0.1) is 0 Å². The third-order valence-corrected chi connectivity index (χ3v) is 5.70. The number of ether oxygens (including phenoxy) is 1. The van der Waals surface area contributed by atoms with Gasteiger partial charge in [-0.1, -0.05) is 24.3 Å². The van der Waals surface area contributed by atoms with Crippen LogP contribution in [0.3, 0.4) is 0 Å². The predicted octanol–water partition coefficient (Wildman–Crippen LogP) is 2.78. The summed E-state index contributed by atoms with van der Waals surface area (Å²) in [5, 5.41) is 14.2. The van der Waals surface area contributed by atoms with Gasteiger partial charge in [0.1, 0.15) is 30.1 Å². The van der Waals surface area contributed by atoms with E-state index in [4.69, 9.17) is 4.74 Å². The van der Waals surface area contributed by atoms with Gasteiger partial charge in [-0.05, 0) is 51.5 Å². The number of aromatic nitrogens is 1. The number of halogens is 1. The van der Waals surface area contributed by atoms with Crippen molar-refractivity contribution in [2.75, 3.05) is 13.2 Å². The number of piperidine rings is 1. The average molecular weight is 474 g/mol. The summed E-state index contributed by atoms with van der Waals surface area (Å²) in [5.41, 5.74) is -0.503. The highest BCUT2D eigenvalue weighted by Gasteiger charge is 2.36. The number of nitrogens with zero attached hydrogens (tertiary/aromatic N) is 2. The lowest BCUT2D eigenvalue weighted by atomic mass is 9.98. The maximum atomic E-state index is 13.4. The van der Waals surface area contributed by atoms with Crippen LogP contribution in [0.4, 0.5) is 4.39 Å². The molecular formula is C25H32FN3O5. The first-order chi connectivity index (χ1) is 16.1. The fourth-order valence-corrected chi connectivity index (χ4v) is 4.11. The molecule has 1 aliphatic rings. The highest BCUT2D eigenvalue weighted by Crippen LogP contribution is 2.24. The lowest BCUT2D eigenvalue weighted by Crippen LogP contribution is -2.56. The Morgan fingerprint density at radius 2 is 1.97 bits per heavy atom. The molecule has 0 aliphatic carbocycles. The molecular weight excluding hydrogens is 441 g/mol. The second-order valence-electron chi connectivity index (χ2n) is 9.52. The Balaban J connectivity index is 1.79. The predicted molar refractivity (Wildman–Crippen MR) is 125 cm³/mol. The molecule has 0 saturated carbocycles. The molecule has 0 unspecified atom stereocenters. The molecule has 0 spiro atoms. The van der Waals surface area contributed by atoms with Crippen molar-refractivity contribution in [2.24, 2.45) is 0 Å². The van der Waals surface area contributed by atoms with Gasteiger partial charge in [0.15, 0.2) is 0 Å². The number of hydrogen-bond acceptors (Lipinski definition) is 6. The molecule has 1 aliphatic heterocycles. The van der Waals surface area contributed by atoms with Gasteiger partial charge >= 0.3 is 5.97 Å². The normalized spacial score (nSPS) is 18.3. The summed E-state index contributed by atoms with van der Waals surface area (Å²) >= 11 is 0. The van der Waals surface area contributed by atoms with E-state index in [1.165, 1.54) is 4.90 Å². The number of hydrogen-bond donors (Lipinski definition) is 2. The molecule has 9 heteroatoms. The number of benzene rings is 1. The average Bonchev–Trinajstić information content (AvgIpc) is 2.81. The molecule has 2 heterocycles. The van der Waals surface area contributed by atoms with E-state index in [-0.39, 0.29) is 18.0 Å². The number of nitrogens with one attached hydrogen (secondary N) is 1. The molecule has 8 nitrogen and oxygen atoms in total. The first kappa shape index (κ1) is 25.6.